The summed E-state index contributed by atoms with van der Waals surface area (Å²) in [7, 11) is 1.49. The van der Waals surface area contributed by atoms with Crippen LogP contribution in [0.1, 0.15) is 27.6 Å². The summed E-state index contributed by atoms with van der Waals surface area (Å²) in [5.74, 6) is -0.438. The fraction of sp³-hybridized carbons (Fsp3) is 0.188. The van der Waals surface area contributed by atoms with Crippen molar-refractivity contribution in [2.24, 2.45) is 0 Å². The average Bonchev–Trinajstić information content (AvgIpc) is 2.55. The lowest BCUT2D eigenvalue weighted by molar-refractivity contribution is 0.0318. The van der Waals surface area contributed by atoms with Crippen molar-refractivity contribution in [2.45, 2.75) is 13.0 Å². The van der Waals surface area contributed by atoms with Crippen LogP contribution >= 0.6 is 0 Å². The van der Waals surface area contributed by atoms with E-state index in [1.54, 1.807) is 37.3 Å². The molecule has 1 aromatic carbocycles. The number of carbonyl (C=O) groups excluding carboxylic acids is 2. The Balaban J connectivity index is 2.03. The maximum Gasteiger partial charge on any atom is 0.340 e. The Morgan fingerprint density at radius 1 is 1.05 bits per heavy atom. The van der Waals surface area contributed by atoms with E-state index in [0.29, 0.717) is 11.4 Å². The standard InChI is InChI=1S/C16H15NO4/c1-11(15(18)12-6-4-3-5-7-12)21-16(19)13-8-9-14(20-2)17-10-13/h3-11H,1-2H3. The van der Waals surface area contributed by atoms with Gasteiger partial charge in [0, 0.05) is 17.8 Å². The van der Waals surface area contributed by atoms with Crippen LogP contribution in [0, 0.1) is 0 Å². The predicted molar refractivity (Wildman–Crippen MR) is 76.4 cm³/mol. The van der Waals surface area contributed by atoms with Crippen molar-refractivity contribution in [3.05, 3.63) is 59.8 Å². The minimum Gasteiger partial charge on any atom is -0.481 e. The molecular weight excluding hydrogens is 270 g/mol. The van der Waals surface area contributed by atoms with Gasteiger partial charge in [-0.1, -0.05) is 30.3 Å². The van der Waals surface area contributed by atoms with Crippen LogP contribution in [0.4, 0.5) is 0 Å². The number of aromatic nitrogens is 1. The molecule has 2 rings (SSSR count). The van der Waals surface area contributed by atoms with E-state index in [1.807, 2.05) is 6.07 Å². The number of hydrogen-bond donors (Lipinski definition) is 0. The number of rotatable bonds is 5. The summed E-state index contributed by atoms with van der Waals surface area (Å²) >= 11 is 0. The Bertz CT molecular complexity index is 622. The van der Waals surface area contributed by atoms with Crippen LogP contribution in [-0.2, 0) is 4.74 Å². The van der Waals surface area contributed by atoms with Crippen molar-refractivity contribution in [3.63, 3.8) is 0 Å². The number of hydrogen-bond acceptors (Lipinski definition) is 5. The Hall–Kier alpha value is -2.69. The van der Waals surface area contributed by atoms with Gasteiger partial charge in [-0.15, -0.1) is 0 Å². The van der Waals surface area contributed by atoms with E-state index in [0.717, 1.165) is 0 Å². The molecule has 21 heavy (non-hydrogen) atoms. The van der Waals surface area contributed by atoms with Gasteiger partial charge in [0.25, 0.3) is 0 Å². The summed E-state index contributed by atoms with van der Waals surface area (Å²) in [4.78, 5) is 28.0. The van der Waals surface area contributed by atoms with E-state index in [1.165, 1.54) is 19.4 Å². The summed E-state index contributed by atoms with van der Waals surface area (Å²) in [6.45, 7) is 1.55. The van der Waals surface area contributed by atoms with Crippen LogP contribution in [0.15, 0.2) is 48.7 Å². The molecule has 108 valence electrons. The van der Waals surface area contributed by atoms with Gasteiger partial charge in [-0.25, -0.2) is 9.78 Å². The van der Waals surface area contributed by atoms with Gasteiger partial charge >= 0.3 is 5.97 Å². The number of methoxy groups -OCH3 is 1. The Morgan fingerprint density at radius 2 is 1.76 bits per heavy atom. The first-order chi connectivity index (χ1) is 10.1. The predicted octanol–water partition coefficient (Wildman–Crippen LogP) is 2.52. The maximum absolute atomic E-state index is 12.1. The van der Waals surface area contributed by atoms with E-state index in [4.69, 9.17) is 9.47 Å². The molecule has 1 aromatic heterocycles. The van der Waals surface area contributed by atoms with Crippen LogP contribution in [0.5, 0.6) is 5.88 Å². The van der Waals surface area contributed by atoms with Gasteiger partial charge in [-0.05, 0) is 13.0 Å². The van der Waals surface area contributed by atoms with E-state index < -0.39 is 12.1 Å². The molecule has 5 heteroatoms. The highest BCUT2D eigenvalue weighted by Crippen LogP contribution is 2.11. The maximum atomic E-state index is 12.1. The van der Waals surface area contributed by atoms with Gasteiger partial charge in [0.05, 0.1) is 12.7 Å². The van der Waals surface area contributed by atoms with Crippen LogP contribution in [-0.4, -0.2) is 30.0 Å². The van der Waals surface area contributed by atoms with Crippen molar-refractivity contribution in [2.75, 3.05) is 7.11 Å². The number of ketones is 1. The molecule has 0 fully saturated rings. The molecule has 0 aliphatic rings. The van der Waals surface area contributed by atoms with Crippen LogP contribution in [0.25, 0.3) is 0 Å². The van der Waals surface area contributed by atoms with Crippen LogP contribution < -0.4 is 4.74 Å². The van der Waals surface area contributed by atoms with Crippen LogP contribution in [0.3, 0.4) is 0 Å². The summed E-state index contributed by atoms with van der Waals surface area (Å²) in [6, 6.07) is 11.8. The lowest BCUT2D eigenvalue weighted by Gasteiger charge is -2.12. The van der Waals surface area contributed by atoms with E-state index in [9.17, 15) is 9.59 Å². The fourth-order valence-electron chi connectivity index (χ4n) is 1.74. The lowest BCUT2D eigenvalue weighted by atomic mass is 10.1. The molecule has 1 heterocycles. The third-order valence-electron chi connectivity index (χ3n) is 2.89. The number of nitrogens with zero attached hydrogens (tertiary/aromatic N) is 1. The Labute approximate surface area is 122 Å². The van der Waals surface area contributed by atoms with Crippen molar-refractivity contribution in [3.8, 4) is 5.88 Å². The molecule has 0 aliphatic carbocycles. The number of ether oxygens (including phenoxy) is 2. The minimum absolute atomic E-state index is 0.245. The number of benzene rings is 1. The second kappa shape index (κ2) is 6.65. The largest absolute Gasteiger partial charge is 0.481 e. The lowest BCUT2D eigenvalue weighted by Crippen LogP contribution is -2.24. The molecule has 0 saturated carbocycles. The zero-order chi connectivity index (χ0) is 15.2. The zero-order valence-corrected chi connectivity index (χ0v) is 11.8. The summed E-state index contributed by atoms with van der Waals surface area (Å²) < 4.78 is 10.1. The molecule has 2 aromatic rings. The fourth-order valence-corrected chi connectivity index (χ4v) is 1.74. The molecule has 5 nitrogen and oxygen atoms in total. The van der Waals surface area contributed by atoms with Gasteiger partial charge < -0.3 is 9.47 Å². The number of pyridine rings is 1. The second-order valence-corrected chi connectivity index (χ2v) is 4.37. The minimum atomic E-state index is -0.859. The van der Waals surface area contributed by atoms with Gasteiger partial charge in [0.2, 0.25) is 11.7 Å². The van der Waals surface area contributed by atoms with E-state index in [2.05, 4.69) is 4.98 Å². The molecule has 0 saturated heterocycles. The molecule has 1 unspecified atom stereocenters. The molecule has 0 amide bonds. The van der Waals surface area contributed by atoms with Crippen molar-refractivity contribution >= 4 is 11.8 Å². The van der Waals surface area contributed by atoms with Gasteiger partial charge in [-0.3, -0.25) is 4.79 Å². The van der Waals surface area contributed by atoms with Crippen molar-refractivity contribution in [1.82, 2.24) is 4.98 Å². The SMILES string of the molecule is COc1ccc(C(=O)OC(C)C(=O)c2ccccc2)cn1. The first kappa shape index (κ1) is 14.7. The normalized spacial score (nSPS) is 11.5. The van der Waals surface area contributed by atoms with Crippen LogP contribution in [0.2, 0.25) is 0 Å². The Kier molecular flexibility index (Phi) is 4.66. The highest BCUT2D eigenvalue weighted by molar-refractivity contribution is 6.01. The highest BCUT2D eigenvalue weighted by atomic mass is 16.5. The molecule has 0 N–H and O–H groups in total. The number of carbonyl (C=O) groups is 2. The second-order valence-electron chi connectivity index (χ2n) is 4.37. The molecule has 0 bridgehead atoms. The Morgan fingerprint density at radius 3 is 2.33 bits per heavy atom. The van der Waals surface area contributed by atoms with E-state index >= 15 is 0 Å². The zero-order valence-electron chi connectivity index (χ0n) is 11.8. The molecular formula is C16H15NO4. The van der Waals surface area contributed by atoms with Crippen molar-refractivity contribution < 1.29 is 19.1 Å². The molecule has 0 spiro atoms. The monoisotopic (exact) mass is 285 g/mol. The number of Topliss-reactive ketones (excluding diaryl/α,β-unsaturated/α-hetero) is 1. The average molecular weight is 285 g/mol. The third-order valence-corrected chi connectivity index (χ3v) is 2.89. The quantitative estimate of drug-likeness (QED) is 0.624. The van der Waals surface area contributed by atoms with Crippen molar-refractivity contribution in [1.29, 1.82) is 0 Å². The summed E-state index contributed by atoms with van der Waals surface area (Å²) in [5, 5.41) is 0. The topological polar surface area (TPSA) is 65.5 Å². The summed E-state index contributed by atoms with van der Waals surface area (Å²) in [6.07, 6.45) is 0.489. The summed E-state index contributed by atoms with van der Waals surface area (Å²) in [5.41, 5.74) is 0.772. The van der Waals surface area contributed by atoms with Gasteiger partial charge in [0.1, 0.15) is 0 Å². The molecule has 0 radical (unpaired) electrons. The van der Waals surface area contributed by atoms with E-state index in [-0.39, 0.29) is 11.3 Å². The smallest absolute Gasteiger partial charge is 0.340 e. The molecule has 1 atom stereocenters. The first-order valence-electron chi connectivity index (χ1n) is 6.42. The number of esters is 1. The third kappa shape index (κ3) is 3.66. The first-order valence-corrected chi connectivity index (χ1v) is 6.42. The highest BCUT2D eigenvalue weighted by Gasteiger charge is 2.20. The van der Waals surface area contributed by atoms with Gasteiger partial charge in [-0.2, -0.15) is 0 Å². The van der Waals surface area contributed by atoms with Gasteiger partial charge in [0.15, 0.2) is 6.10 Å². The molecule has 0 aliphatic heterocycles.